The first-order valence-corrected chi connectivity index (χ1v) is 12.8. The van der Waals surface area contributed by atoms with Crippen LogP contribution in [0.5, 0.6) is 0 Å². The number of nitrogens with zero attached hydrogens (tertiary/aromatic N) is 6. The molecule has 0 amide bonds. The fourth-order valence-corrected chi connectivity index (χ4v) is 5.17. The average Bonchev–Trinajstić information content (AvgIpc) is 3.34. The lowest BCUT2D eigenvalue weighted by Crippen LogP contribution is -2.48. The molecule has 1 unspecified atom stereocenters. The largest absolute Gasteiger partial charge is 0.297 e. The van der Waals surface area contributed by atoms with E-state index in [1.165, 1.54) is 5.56 Å². The van der Waals surface area contributed by atoms with Crippen molar-refractivity contribution in [2.75, 3.05) is 32.7 Å². The van der Waals surface area contributed by atoms with Gasteiger partial charge in [-0.2, -0.15) is 4.68 Å². The van der Waals surface area contributed by atoms with Gasteiger partial charge in [-0.1, -0.05) is 84.4 Å². The fourth-order valence-electron chi connectivity index (χ4n) is 4.97. The molecule has 0 radical (unpaired) electrons. The van der Waals surface area contributed by atoms with Crippen LogP contribution in [0.4, 0.5) is 0 Å². The molecular formula is C29H31ClN6. The van der Waals surface area contributed by atoms with Crippen molar-refractivity contribution >= 4 is 17.7 Å². The summed E-state index contributed by atoms with van der Waals surface area (Å²) in [5.41, 5.74) is 5.65. The number of benzene rings is 3. The Morgan fingerprint density at radius 2 is 1.61 bits per heavy atom. The van der Waals surface area contributed by atoms with E-state index in [0.717, 1.165) is 60.9 Å². The summed E-state index contributed by atoms with van der Waals surface area (Å²) < 4.78 is 1.91. The van der Waals surface area contributed by atoms with Crippen LogP contribution in [0.1, 0.15) is 34.1 Å². The van der Waals surface area contributed by atoms with Crippen LogP contribution in [0, 0.1) is 13.8 Å². The molecule has 1 fully saturated rings. The molecule has 1 saturated heterocycles. The molecule has 0 spiro atoms. The van der Waals surface area contributed by atoms with Crippen molar-refractivity contribution in [1.82, 2.24) is 30.0 Å². The summed E-state index contributed by atoms with van der Waals surface area (Å²) in [7, 11) is 0. The van der Waals surface area contributed by atoms with Gasteiger partial charge in [-0.05, 0) is 58.7 Å². The third kappa shape index (κ3) is 5.41. The Kier molecular flexibility index (Phi) is 7.56. The molecule has 0 bridgehead atoms. The predicted octanol–water partition coefficient (Wildman–Crippen LogP) is 5.35. The van der Waals surface area contributed by atoms with Crippen molar-refractivity contribution in [1.29, 1.82) is 0 Å². The van der Waals surface area contributed by atoms with E-state index in [1.54, 1.807) is 0 Å². The van der Waals surface area contributed by atoms with E-state index in [1.807, 2.05) is 28.9 Å². The number of halogens is 1. The van der Waals surface area contributed by atoms with Crippen LogP contribution in [0.15, 0.2) is 78.9 Å². The minimum Gasteiger partial charge on any atom is -0.297 e. The average molecular weight is 499 g/mol. The van der Waals surface area contributed by atoms with Gasteiger partial charge in [-0.3, -0.25) is 9.80 Å². The number of tetrazole rings is 1. The molecule has 0 saturated carbocycles. The minimum absolute atomic E-state index is 0.0975. The van der Waals surface area contributed by atoms with Crippen LogP contribution in [0.3, 0.4) is 0 Å². The molecule has 4 aromatic rings. The third-order valence-corrected chi connectivity index (χ3v) is 7.03. The van der Waals surface area contributed by atoms with Crippen molar-refractivity contribution in [3.8, 4) is 5.69 Å². The van der Waals surface area contributed by atoms with Gasteiger partial charge in [0, 0.05) is 37.7 Å². The highest BCUT2D eigenvalue weighted by molar-refractivity contribution is 6.30. The molecule has 5 rings (SSSR count). The van der Waals surface area contributed by atoms with Gasteiger partial charge in [0.1, 0.15) is 0 Å². The molecule has 36 heavy (non-hydrogen) atoms. The highest BCUT2D eigenvalue weighted by atomic mass is 35.5. The van der Waals surface area contributed by atoms with Crippen LogP contribution in [0.2, 0.25) is 5.02 Å². The van der Waals surface area contributed by atoms with Crippen LogP contribution in [-0.2, 0) is 0 Å². The maximum absolute atomic E-state index is 6.43. The van der Waals surface area contributed by atoms with Crippen LogP contribution >= 0.6 is 11.6 Å². The van der Waals surface area contributed by atoms with Gasteiger partial charge in [-0.25, -0.2) is 0 Å². The second-order valence-corrected chi connectivity index (χ2v) is 9.73. The van der Waals surface area contributed by atoms with Gasteiger partial charge in [0.25, 0.3) is 0 Å². The van der Waals surface area contributed by atoms with Gasteiger partial charge < -0.3 is 0 Å². The van der Waals surface area contributed by atoms with Crippen molar-refractivity contribution in [2.45, 2.75) is 19.9 Å². The highest BCUT2D eigenvalue weighted by Crippen LogP contribution is 2.32. The SMILES string of the molecule is Cc1cccc(C)c1-n1nnnc1C(c1cccc(Cl)c1)N1CCN(CC=Cc2ccccc2)CC1. The van der Waals surface area contributed by atoms with E-state index >= 15 is 0 Å². The molecule has 1 aromatic heterocycles. The second kappa shape index (κ2) is 11.2. The maximum Gasteiger partial charge on any atom is 0.178 e. The normalized spacial score (nSPS) is 16.0. The molecule has 0 N–H and O–H groups in total. The molecule has 0 aliphatic carbocycles. The Morgan fingerprint density at radius 3 is 2.33 bits per heavy atom. The first kappa shape index (κ1) is 24.4. The van der Waals surface area contributed by atoms with E-state index in [4.69, 9.17) is 11.6 Å². The molecule has 7 heteroatoms. The first-order chi connectivity index (χ1) is 17.6. The standard InChI is InChI=1S/C29H31ClN6/c1-22-9-6-10-23(2)27(22)36-29(31-32-33-36)28(25-14-7-15-26(30)21-25)35-19-17-34(18-20-35)16-8-13-24-11-4-3-5-12-24/h3-15,21,28H,16-20H2,1-2H3. The van der Waals surface area contributed by atoms with E-state index in [2.05, 4.69) is 99.9 Å². The molecule has 1 aliphatic rings. The summed E-state index contributed by atoms with van der Waals surface area (Å²) in [4.78, 5) is 4.96. The lowest BCUT2D eigenvalue weighted by molar-refractivity contribution is 0.113. The topological polar surface area (TPSA) is 50.1 Å². The third-order valence-electron chi connectivity index (χ3n) is 6.80. The summed E-state index contributed by atoms with van der Waals surface area (Å²) >= 11 is 6.43. The summed E-state index contributed by atoms with van der Waals surface area (Å²) in [6.45, 7) is 8.91. The summed E-state index contributed by atoms with van der Waals surface area (Å²) in [5.74, 6) is 0.812. The zero-order valence-electron chi connectivity index (χ0n) is 20.8. The molecule has 184 valence electrons. The maximum atomic E-state index is 6.43. The summed E-state index contributed by atoms with van der Waals surface area (Å²) in [6, 6.07) is 24.7. The van der Waals surface area contributed by atoms with Gasteiger partial charge in [0.05, 0.1) is 11.7 Å². The molecular weight excluding hydrogens is 468 g/mol. The van der Waals surface area contributed by atoms with Gasteiger partial charge in [0.15, 0.2) is 5.82 Å². The zero-order valence-corrected chi connectivity index (χ0v) is 21.5. The van der Waals surface area contributed by atoms with E-state index in [-0.39, 0.29) is 6.04 Å². The number of piperazine rings is 1. The Labute approximate surface area is 217 Å². The van der Waals surface area contributed by atoms with Gasteiger partial charge in [0.2, 0.25) is 0 Å². The number of rotatable bonds is 7. The minimum atomic E-state index is -0.0975. The lowest BCUT2D eigenvalue weighted by atomic mass is 10.0. The fraction of sp³-hybridized carbons (Fsp3) is 0.276. The Bertz CT molecular complexity index is 1300. The van der Waals surface area contributed by atoms with Crippen LogP contribution < -0.4 is 0 Å². The number of para-hydroxylation sites is 1. The summed E-state index contributed by atoms with van der Waals surface area (Å²) in [6.07, 6.45) is 4.45. The van der Waals surface area contributed by atoms with Gasteiger partial charge >= 0.3 is 0 Å². The molecule has 1 aliphatic heterocycles. The molecule has 3 aromatic carbocycles. The molecule has 6 nitrogen and oxygen atoms in total. The molecule has 2 heterocycles. The summed E-state index contributed by atoms with van der Waals surface area (Å²) in [5, 5.41) is 13.8. The lowest BCUT2D eigenvalue weighted by Gasteiger charge is -2.38. The monoisotopic (exact) mass is 498 g/mol. The Hall–Kier alpha value is -3.32. The zero-order chi connectivity index (χ0) is 24.9. The van der Waals surface area contributed by atoms with Crippen LogP contribution in [0.25, 0.3) is 11.8 Å². The van der Waals surface area contributed by atoms with E-state index in [9.17, 15) is 0 Å². The smallest absolute Gasteiger partial charge is 0.178 e. The van der Waals surface area contributed by atoms with Crippen LogP contribution in [-0.4, -0.2) is 62.7 Å². The highest BCUT2D eigenvalue weighted by Gasteiger charge is 2.31. The number of hydrogen-bond donors (Lipinski definition) is 0. The predicted molar refractivity (Wildman–Crippen MR) is 145 cm³/mol. The van der Waals surface area contributed by atoms with Crippen molar-refractivity contribution in [2.24, 2.45) is 0 Å². The second-order valence-electron chi connectivity index (χ2n) is 9.30. The first-order valence-electron chi connectivity index (χ1n) is 12.4. The van der Waals surface area contributed by atoms with Crippen molar-refractivity contribution < 1.29 is 0 Å². The van der Waals surface area contributed by atoms with Gasteiger partial charge in [-0.15, -0.1) is 5.10 Å². The van der Waals surface area contributed by atoms with Crippen molar-refractivity contribution in [3.63, 3.8) is 0 Å². The van der Waals surface area contributed by atoms with E-state index < -0.39 is 0 Å². The number of hydrogen-bond acceptors (Lipinski definition) is 5. The molecule has 1 atom stereocenters. The number of aryl methyl sites for hydroxylation is 2. The van der Waals surface area contributed by atoms with Crippen molar-refractivity contribution in [3.05, 3.63) is 112 Å². The Morgan fingerprint density at radius 1 is 0.889 bits per heavy atom. The van der Waals surface area contributed by atoms with E-state index in [0.29, 0.717) is 5.02 Å². The quantitative estimate of drug-likeness (QED) is 0.343. The number of aromatic nitrogens is 4. The Balaban J connectivity index is 1.39.